The molecule has 1 amide bonds. The fourth-order valence-electron chi connectivity index (χ4n) is 2.35. The van der Waals surface area contributed by atoms with E-state index in [1.807, 2.05) is 4.90 Å². The smallest absolute Gasteiger partial charge is 0.406 e. The number of alkyl halides is 3. The molecule has 1 heterocycles. The van der Waals surface area contributed by atoms with Gasteiger partial charge in [-0.05, 0) is 17.7 Å². The van der Waals surface area contributed by atoms with Crippen molar-refractivity contribution in [2.45, 2.75) is 12.4 Å². The molecule has 0 aromatic heterocycles. The van der Waals surface area contributed by atoms with Crippen molar-refractivity contribution in [1.82, 2.24) is 10.2 Å². The monoisotopic (exact) mass is 303 g/mol. The first-order valence-corrected chi connectivity index (χ1v) is 6.46. The Kier molecular flexibility index (Phi) is 4.69. The molecule has 3 N–H and O–H groups in total. The molecule has 0 aliphatic carbocycles. The minimum absolute atomic E-state index is 0.324. The van der Waals surface area contributed by atoms with Crippen LogP contribution in [0.2, 0.25) is 0 Å². The normalized spacial score (nSPS) is 18.2. The van der Waals surface area contributed by atoms with Crippen LogP contribution in [-0.2, 0) is 4.79 Å². The number of rotatable bonds is 4. The molecule has 0 spiro atoms. The highest BCUT2D eigenvalue weighted by Crippen LogP contribution is 2.26. The van der Waals surface area contributed by atoms with Crippen molar-refractivity contribution < 1.29 is 22.7 Å². The average Bonchev–Trinajstić information content (AvgIpc) is 2.40. The Balaban J connectivity index is 2.15. The van der Waals surface area contributed by atoms with Crippen molar-refractivity contribution >= 4 is 5.91 Å². The highest BCUT2D eigenvalue weighted by Gasteiger charge is 2.31. The number of primary amides is 1. The molecule has 21 heavy (non-hydrogen) atoms. The minimum Gasteiger partial charge on any atom is -0.406 e. The predicted octanol–water partition coefficient (Wildman–Crippen LogP) is 1.02. The van der Waals surface area contributed by atoms with Gasteiger partial charge in [0, 0.05) is 26.2 Å². The second-order valence-electron chi connectivity index (χ2n) is 4.71. The Hall–Kier alpha value is -1.80. The van der Waals surface area contributed by atoms with Crippen molar-refractivity contribution in [3.05, 3.63) is 29.8 Å². The molecule has 1 atom stereocenters. The molecule has 1 aromatic carbocycles. The van der Waals surface area contributed by atoms with Gasteiger partial charge in [0.25, 0.3) is 0 Å². The van der Waals surface area contributed by atoms with E-state index in [1.54, 1.807) is 0 Å². The van der Waals surface area contributed by atoms with Crippen LogP contribution in [0.4, 0.5) is 13.2 Å². The van der Waals surface area contributed by atoms with Gasteiger partial charge in [-0.25, -0.2) is 0 Å². The number of carbonyl (C=O) groups excluding carboxylic acids is 1. The van der Waals surface area contributed by atoms with Crippen LogP contribution in [0.15, 0.2) is 24.3 Å². The van der Waals surface area contributed by atoms with Gasteiger partial charge < -0.3 is 15.8 Å². The highest BCUT2D eigenvalue weighted by molar-refractivity contribution is 5.81. The van der Waals surface area contributed by atoms with Crippen molar-refractivity contribution in [3.63, 3.8) is 0 Å². The van der Waals surface area contributed by atoms with Crippen LogP contribution < -0.4 is 15.8 Å². The molecule has 5 nitrogen and oxygen atoms in total. The third-order valence-electron chi connectivity index (χ3n) is 3.22. The molecule has 1 unspecified atom stereocenters. The van der Waals surface area contributed by atoms with Crippen LogP contribution in [0, 0.1) is 0 Å². The van der Waals surface area contributed by atoms with Gasteiger partial charge in [-0.1, -0.05) is 12.1 Å². The molecule has 116 valence electrons. The van der Waals surface area contributed by atoms with E-state index in [0.717, 1.165) is 13.1 Å². The Morgan fingerprint density at radius 3 is 2.29 bits per heavy atom. The summed E-state index contributed by atoms with van der Waals surface area (Å²) in [7, 11) is 0. The number of nitrogens with two attached hydrogens (primary N) is 1. The van der Waals surface area contributed by atoms with Crippen LogP contribution >= 0.6 is 0 Å². The van der Waals surface area contributed by atoms with E-state index in [2.05, 4.69) is 10.1 Å². The van der Waals surface area contributed by atoms with E-state index < -0.39 is 18.3 Å². The molecular weight excluding hydrogens is 287 g/mol. The Bertz CT molecular complexity index is 484. The summed E-state index contributed by atoms with van der Waals surface area (Å²) in [6.45, 7) is 2.76. The number of hydrogen-bond acceptors (Lipinski definition) is 4. The van der Waals surface area contributed by atoms with Gasteiger partial charge in [0.1, 0.15) is 11.8 Å². The fraction of sp³-hybridized carbons (Fsp3) is 0.462. The van der Waals surface area contributed by atoms with E-state index >= 15 is 0 Å². The van der Waals surface area contributed by atoms with Crippen molar-refractivity contribution in [3.8, 4) is 5.75 Å². The van der Waals surface area contributed by atoms with Gasteiger partial charge in [-0.15, -0.1) is 13.2 Å². The first-order valence-electron chi connectivity index (χ1n) is 6.46. The number of hydrogen-bond donors (Lipinski definition) is 2. The SMILES string of the molecule is NC(=O)C(c1ccc(OC(F)(F)F)cc1)N1CCNCC1. The lowest BCUT2D eigenvalue weighted by atomic mass is 10.0. The minimum atomic E-state index is -4.73. The molecular formula is C13H16F3N3O2. The maximum absolute atomic E-state index is 12.1. The zero-order valence-electron chi connectivity index (χ0n) is 11.2. The number of piperazine rings is 1. The summed E-state index contributed by atoms with van der Waals surface area (Å²) in [6, 6.07) is 4.57. The summed E-state index contributed by atoms with van der Waals surface area (Å²) in [6.07, 6.45) is -4.73. The van der Waals surface area contributed by atoms with Crippen LogP contribution in [0.5, 0.6) is 5.75 Å². The Morgan fingerprint density at radius 2 is 1.81 bits per heavy atom. The number of amides is 1. The van der Waals surface area contributed by atoms with Crippen molar-refractivity contribution in [1.29, 1.82) is 0 Å². The summed E-state index contributed by atoms with van der Waals surface area (Å²) in [5, 5.41) is 3.16. The standard InChI is InChI=1S/C13H16F3N3O2/c14-13(15,16)21-10-3-1-9(2-4-10)11(12(17)20)19-7-5-18-6-8-19/h1-4,11,18H,5-8H2,(H2,17,20). The van der Waals surface area contributed by atoms with E-state index in [0.29, 0.717) is 18.7 Å². The largest absolute Gasteiger partial charge is 0.573 e. The van der Waals surface area contributed by atoms with Crippen LogP contribution in [0.1, 0.15) is 11.6 Å². The number of nitrogens with zero attached hydrogens (tertiary/aromatic N) is 1. The molecule has 2 rings (SSSR count). The number of carbonyl (C=O) groups is 1. The summed E-state index contributed by atoms with van der Waals surface area (Å²) >= 11 is 0. The van der Waals surface area contributed by atoms with Gasteiger partial charge in [-0.2, -0.15) is 0 Å². The first-order chi connectivity index (χ1) is 9.87. The van der Waals surface area contributed by atoms with Gasteiger partial charge >= 0.3 is 6.36 Å². The Morgan fingerprint density at radius 1 is 1.24 bits per heavy atom. The maximum Gasteiger partial charge on any atom is 0.573 e. The lowest BCUT2D eigenvalue weighted by molar-refractivity contribution is -0.274. The van der Waals surface area contributed by atoms with Crippen LogP contribution in [0.25, 0.3) is 0 Å². The predicted molar refractivity (Wildman–Crippen MR) is 69.5 cm³/mol. The molecule has 1 fully saturated rings. The molecule has 1 aliphatic rings. The Labute approximate surface area is 119 Å². The molecule has 1 aliphatic heterocycles. The third kappa shape index (κ3) is 4.33. The molecule has 0 bridgehead atoms. The second kappa shape index (κ2) is 6.31. The fourth-order valence-corrected chi connectivity index (χ4v) is 2.35. The van der Waals surface area contributed by atoms with Crippen LogP contribution in [-0.4, -0.2) is 43.3 Å². The zero-order valence-corrected chi connectivity index (χ0v) is 11.2. The molecule has 0 radical (unpaired) electrons. The second-order valence-corrected chi connectivity index (χ2v) is 4.71. The molecule has 1 aromatic rings. The van der Waals surface area contributed by atoms with E-state index in [1.165, 1.54) is 24.3 Å². The number of ether oxygens (including phenoxy) is 1. The number of nitrogens with one attached hydrogen (secondary N) is 1. The highest BCUT2D eigenvalue weighted by atomic mass is 19.4. The summed E-state index contributed by atoms with van der Waals surface area (Å²) in [5.41, 5.74) is 5.98. The number of halogens is 3. The molecule has 1 saturated heterocycles. The van der Waals surface area contributed by atoms with Gasteiger partial charge in [0.05, 0.1) is 0 Å². The summed E-state index contributed by atoms with van der Waals surface area (Å²) < 4.78 is 40.1. The van der Waals surface area contributed by atoms with Crippen LogP contribution in [0.3, 0.4) is 0 Å². The lowest BCUT2D eigenvalue weighted by Crippen LogP contribution is -2.48. The average molecular weight is 303 g/mol. The van der Waals surface area contributed by atoms with Gasteiger partial charge in [-0.3, -0.25) is 9.69 Å². The molecule has 8 heteroatoms. The molecule has 0 saturated carbocycles. The van der Waals surface area contributed by atoms with Crippen molar-refractivity contribution in [2.75, 3.05) is 26.2 Å². The van der Waals surface area contributed by atoms with E-state index in [4.69, 9.17) is 5.73 Å². The quantitative estimate of drug-likeness (QED) is 0.871. The van der Waals surface area contributed by atoms with Gasteiger partial charge in [0.2, 0.25) is 5.91 Å². The van der Waals surface area contributed by atoms with Gasteiger partial charge in [0.15, 0.2) is 0 Å². The lowest BCUT2D eigenvalue weighted by Gasteiger charge is -2.33. The third-order valence-corrected chi connectivity index (χ3v) is 3.22. The first kappa shape index (κ1) is 15.6. The van der Waals surface area contributed by atoms with E-state index in [-0.39, 0.29) is 5.75 Å². The van der Waals surface area contributed by atoms with Crippen molar-refractivity contribution in [2.24, 2.45) is 5.73 Å². The zero-order chi connectivity index (χ0) is 15.5. The summed E-state index contributed by atoms with van der Waals surface area (Å²) in [5.74, 6) is -0.851. The number of benzene rings is 1. The summed E-state index contributed by atoms with van der Waals surface area (Å²) in [4.78, 5) is 13.6. The topological polar surface area (TPSA) is 67.6 Å². The van der Waals surface area contributed by atoms with E-state index in [9.17, 15) is 18.0 Å². The maximum atomic E-state index is 12.1.